The molecule has 1 aliphatic rings. The summed E-state index contributed by atoms with van der Waals surface area (Å²) in [5.74, 6) is 0.117. The van der Waals surface area contributed by atoms with Crippen LogP contribution in [0.4, 0.5) is 11.4 Å². The molecule has 0 atom stereocenters. The van der Waals surface area contributed by atoms with Crippen molar-refractivity contribution in [1.29, 1.82) is 5.41 Å². The van der Waals surface area contributed by atoms with Gasteiger partial charge in [0.2, 0.25) is 0 Å². The van der Waals surface area contributed by atoms with E-state index in [9.17, 15) is 0 Å². The molecule has 4 heteroatoms. The van der Waals surface area contributed by atoms with Crippen LogP contribution < -0.4 is 15.5 Å². The number of hydrogen-bond acceptors (Lipinski definition) is 3. The Morgan fingerprint density at radius 1 is 1.05 bits per heavy atom. The van der Waals surface area contributed by atoms with Crippen LogP contribution in [0.5, 0.6) is 0 Å². The summed E-state index contributed by atoms with van der Waals surface area (Å²) in [7, 11) is 2.14. The van der Waals surface area contributed by atoms with Crippen molar-refractivity contribution < 1.29 is 0 Å². The summed E-state index contributed by atoms with van der Waals surface area (Å²) in [6.45, 7) is 2.92. The van der Waals surface area contributed by atoms with E-state index in [0.717, 1.165) is 25.2 Å². The zero-order valence-corrected chi connectivity index (χ0v) is 12.2. The summed E-state index contributed by atoms with van der Waals surface area (Å²) < 4.78 is 0. The first-order chi connectivity index (χ1) is 10.1. The van der Waals surface area contributed by atoms with Crippen molar-refractivity contribution in [3.05, 3.63) is 59.7 Å². The summed E-state index contributed by atoms with van der Waals surface area (Å²) in [6.07, 6.45) is 0. The molecule has 0 unspecified atom stereocenters. The van der Waals surface area contributed by atoms with Gasteiger partial charge in [0.05, 0.1) is 11.4 Å². The second kappa shape index (κ2) is 5.48. The zero-order chi connectivity index (χ0) is 14.8. The van der Waals surface area contributed by atoms with E-state index < -0.39 is 0 Å². The molecule has 1 aliphatic heterocycles. The number of hydrogen-bond donors (Lipinski definition) is 2. The van der Waals surface area contributed by atoms with Gasteiger partial charge in [0.25, 0.3) is 0 Å². The summed E-state index contributed by atoms with van der Waals surface area (Å²) in [4.78, 5) is 4.70. The van der Waals surface area contributed by atoms with Gasteiger partial charge in [-0.1, -0.05) is 36.4 Å². The molecule has 3 N–H and O–H groups in total. The lowest BCUT2D eigenvalue weighted by Gasteiger charge is -2.37. The predicted molar refractivity (Wildman–Crippen MR) is 88.2 cm³/mol. The third-order valence-corrected chi connectivity index (χ3v) is 3.98. The molecule has 108 valence electrons. The summed E-state index contributed by atoms with van der Waals surface area (Å²) >= 11 is 0. The van der Waals surface area contributed by atoms with Crippen molar-refractivity contribution in [1.82, 2.24) is 0 Å². The van der Waals surface area contributed by atoms with Gasteiger partial charge in [0.15, 0.2) is 0 Å². The first-order valence-corrected chi connectivity index (χ1v) is 7.13. The zero-order valence-electron chi connectivity index (χ0n) is 12.2. The Bertz CT molecular complexity index is 648. The largest absolute Gasteiger partial charge is 0.384 e. The maximum atomic E-state index is 7.44. The number of para-hydroxylation sites is 2. The Balaban J connectivity index is 1.82. The van der Waals surface area contributed by atoms with Crippen molar-refractivity contribution in [2.45, 2.75) is 6.54 Å². The molecule has 0 aliphatic carbocycles. The highest BCUT2D eigenvalue weighted by molar-refractivity contribution is 5.94. The van der Waals surface area contributed by atoms with Crippen molar-refractivity contribution in [3.8, 4) is 0 Å². The number of rotatable bonds is 3. The quantitative estimate of drug-likeness (QED) is 0.670. The molecule has 1 heterocycles. The molecule has 2 aromatic rings. The molecular weight excluding hydrogens is 260 g/mol. The number of nitrogens with two attached hydrogens (primary N) is 1. The van der Waals surface area contributed by atoms with Gasteiger partial charge in [0, 0.05) is 32.2 Å². The molecule has 0 fully saturated rings. The van der Waals surface area contributed by atoms with E-state index in [1.165, 1.54) is 16.9 Å². The third-order valence-electron chi connectivity index (χ3n) is 3.98. The SMILES string of the molecule is CN1CCN(Cc2ccc(C(=N)N)cc2)c2ccccc21. The second-order valence-electron chi connectivity index (χ2n) is 5.44. The minimum Gasteiger partial charge on any atom is -0.384 e. The number of nitrogens with zero attached hydrogens (tertiary/aromatic N) is 2. The Kier molecular flexibility index (Phi) is 3.52. The highest BCUT2D eigenvalue weighted by Crippen LogP contribution is 2.32. The standard InChI is InChI=1S/C17H20N4/c1-20-10-11-21(16-5-3-2-4-15(16)20)12-13-6-8-14(9-7-13)17(18)19/h2-9H,10-12H2,1H3,(H3,18,19). The maximum absolute atomic E-state index is 7.44. The van der Waals surface area contributed by atoms with Crippen LogP contribution in [0.15, 0.2) is 48.5 Å². The van der Waals surface area contributed by atoms with Gasteiger partial charge in [-0.3, -0.25) is 5.41 Å². The highest BCUT2D eigenvalue weighted by atomic mass is 15.2. The number of nitrogens with one attached hydrogen (secondary N) is 1. The smallest absolute Gasteiger partial charge is 0.122 e. The normalized spacial score (nSPS) is 14.0. The monoisotopic (exact) mass is 280 g/mol. The molecule has 3 rings (SSSR count). The van der Waals surface area contributed by atoms with E-state index in [1.807, 2.05) is 12.1 Å². The van der Waals surface area contributed by atoms with E-state index in [-0.39, 0.29) is 5.84 Å². The Labute approximate surface area is 125 Å². The molecule has 0 saturated carbocycles. The summed E-state index contributed by atoms with van der Waals surface area (Å²) in [5, 5.41) is 7.44. The summed E-state index contributed by atoms with van der Waals surface area (Å²) in [5.41, 5.74) is 10.1. The van der Waals surface area contributed by atoms with Crippen LogP contribution >= 0.6 is 0 Å². The average molecular weight is 280 g/mol. The molecule has 0 radical (unpaired) electrons. The van der Waals surface area contributed by atoms with Crippen LogP contribution in [0.1, 0.15) is 11.1 Å². The number of nitrogen functional groups attached to an aromatic ring is 1. The number of benzene rings is 2. The number of amidine groups is 1. The molecule has 0 aromatic heterocycles. The van der Waals surface area contributed by atoms with Crippen molar-refractivity contribution >= 4 is 17.2 Å². The van der Waals surface area contributed by atoms with E-state index in [0.29, 0.717) is 0 Å². The first kappa shape index (κ1) is 13.5. The molecule has 0 bridgehead atoms. The molecule has 0 saturated heterocycles. The summed E-state index contributed by atoms with van der Waals surface area (Å²) in [6, 6.07) is 16.5. The molecule has 21 heavy (non-hydrogen) atoms. The topological polar surface area (TPSA) is 56.4 Å². The van der Waals surface area contributed by atoms with E-state index >= 15 is 0 Å². The highest BCUT2D eigenvalue weighted by Gasteiger charge is 2.19. The average Bonchev–Trinajstić information content (AvgIpc) is 2.51. The molecule has 0 spiro atoms. The minimum atomic E-state index is 0.117. The third kappa shape index (κ3) is 2.70. The first-order valence-electron chi connectivity index (χ1n) is 7.13. The fourth-order valence-corrected chi connectivity index (χ4v) is 2.74. The second-order valence-corrected chi connectivity index (χ2v) is 5.44. The Morgan fingerprint density at radius 2 is 1.71 bits per heavy atom. The van der Waals surface area contributed by atoms with Gasteiger partial charge in [-0.05, 0) is 17.7 Å². The van der Waals surface area contributed by atoms with Crippen LogP contribution in [0.2, 0.25) is 0 Å². The van der Waals surface area contributed by atoms with Crippen LogP contribution in [0.3, 0.4) is 0 Å². The molecular formula is C17H20N4. The van der Waals surface area contributed by atoms with Crippen molar-refractivity contribution in [3.63, 3.8) is 0 Å². The fourth-order valence-electron chi connectivity index (χ4n) is 2.74. The predicted octanol–water partition coefficient (Wildman–Crippen LogP) is 2.43. The van der Waals surface area contributed by atoms with Crippen LogP contribution in [-0.2, 0) is 6.54 Å². The fraction of sp³-hybridized carbons (Fsp3) is 0.235. The van der Waals surface area contributed by atoms with Gasteiger partial charge >= 0.3 is 0 Å². The Hall–Kier alpha value is -2.49. The maximum Gasteiger partial charge on any atom is 0.122 e. The van der Waals surface area contributed by atoms with E-state index in [2.05, 4.69) is 53.2 Å². The van der Waals surface area contributed by atoms with Gasteiger partial charge in [-0.25, -0.2) is 0 Å². The van der Waals surface area contributed by atoms with Gasteiger partial charge in [-0.2, -0.15) is 0 Å². The van der Waals surface area contributed by atoms with Crippen LogP contribution in [0, 0.1) is 5.41 Å². The lowest BCUT2D eigenvalue weighted by molar-refractivity contribution is 0.735. The van der Waals surface area contributed by atoms with Crippen molar-refractivity contribution in [2.75, 3.05) is 29.9 Å². The van der Waals surface area contributed by atoms with Gasteiger partial charge in [-0.15, -0.1) is 0 Å². The minimum absolute atomic E-state index is 0.117. The molecule has 4 nitrogen and oxygen atoms in total. The van der Waals surface area contributed by atoms with Gasteiger partial charge < -0.3 is 15.5 Å². The number of likely N-dealkylation sites (N-methyl/N-ethyl adjacent to an activating group) is 1. The van der Waals surface area contributed by atoms with E-state index in [4.69, 9.17) is 11.1 Å². The van der Waals surface area contributed by atoms with Gasteiger partial charge in [0.1, 0.15) is 5.84 Å². The molecule has 0 amide bonds. The molecule has 2 aromatic carbocycles. The van der Waals surface area contributed by atoms with E-state index in [1.54, 1.807) is 0 Å². The number of anilines is 2. The lowest BCUT2D eigenvalue weighted by Crippen LogP contribution is -2.38. The number of fused-ring (bicyclic) bond motifs is 1. The van der Waals surface area contributed by atoms with Crippen LogP contribution in [-0.4, -0.2) is 26.0 Å². The lowest BCUT2D eigenvalue weighted by atomic mass is 10.1. The van der Waals surface area contributed by atoms with Crippen LogP contribution in [0.25, 0.3) is 0 Å². The van der Waals surface area contributed by atoms with Crippen molar-refractivity contribution in [2.24, 2.45) is 5.73 Å². The Morgan fingerprint density at radius 3 is 2.38 bits per heavy atom.